The van der Waals surface area contributed by atoms with E-state index in [1.54, 1.807) is 0 Å². The topological polar surface area (TPSA) is 0 Å². The number of thiophene rings is 1. The van der Waals surface area contributed by atoms with Gasteiger partial charge in [0.05, 0.1) is 0 Å². The van der Waals surface area contributed by atoms with Gasteiger partial charge in [-0.15, -0.1) is 29.7 Å². The van der Waals surface area contributed by atoms with Crippen molar-refractivity contribution in [3.05, 3.63) is 66.2 Å². The molecular formula is C22H24S2. The highest BCUT2D eigenvalue weighted by Gasteiger charge is 2.07. The van der Waals surface area contributed by atoms with Gasteiger partial charge in [-0.2, -0.15) is 0 Å². The molecule has 3 aromatic rings. The molecule has 2 heteroatoms. The molecule has 0 aliphatic rings. The van der Waals surface area contributed by atoms with E-state index in [0.29, 0.717) is 5.92 Å². The lowest BCUT2D eigenvalue weighted by atomic mass is 10.1. The molecule has 1 unspecified atom stereocenters. The third-order valence-electron chi connectivity index (χ3n) is 4.06. The molecule has 0 amide bonds. The van der Waals surface area contributed by atoms with Crippen LogP contribution in [-0.2, 0) is 0 Å². The summed E-state index contributed by atoms with van der Waals surface area (Å²) in [5.74, 6) is 1.82. The molecule has 0 radical (unpaired) electrons. The summed E-state index contributed by atoms with van der Waals surface area (Å²) in [7, 11) is 0. The number of thioether (sulfide) groups is 1. The zero-order valence-corrected chi connectivity index (χ0v) is 16.3. The number of fused-ring (bicyclic) bond motifs is 1. The normalized spacial score (nSPS) is 12.5. The molecule has 124 valence electrons. The fourth-order valence-electron chi connectivity index (χ4n) is 2.85. The molecule has 0 aliphatic heterocycles. The zero-order chi connectivity index (χ0) is 17.1. The predicted octanol–water partition coefficient (Wildman–Crippen LogP) is 7.57. The van der Waals surface area contributed by atoms with Crippen molar-refractivity contribution in [1.82, 2.24) is 0 Å². The number of aryl methyl sites for hydroxylation is 1. The Kier molecular flexibility index (Phi) is 5.47. The Morgan fingerprint density at radius 2 is 1.88 bits per heavy atom. The fourth-order valence-corrected chi connectivity index (χ4v) is 5.00. The van der Waals surface area contributed by atoms with Gasteiger partial charge in [-0.05, 0) is 55.3 Å². The maximum atomic E-state index is 4.02. The van der Waals surface area contributed by atoms with Crippen LogP contribution in [0.25, 0.3) is 20.5 Å². The molecule has 24 heavy (non-hydrogen) atoms. The van der Waals surface area contributed by atoms with Crippen LogP contribution in [0.3, 0.4) is 0 Å². The van der Waals surface area contributed by atoms with Gasteiger partial charge in [0.25, 0.3) is 0 Å². The quantitative estimate of drug-likeness (QED) is 0.325. The van der Waals surface area contributed by atoms with Gasteiger partial charge in [0.15, 0.2) is 0 Å². The molecule has 0 saturated heterocycles. The van der Waals surface area contributed by atoms with E-state index in [2.05, 4.69) is 75.9 Å². The Hall–Kier alpha value is -1.51. The van der Waals surface area contributed by atoms with E-state index in [0.717, 1.165) is 12.2 Å². The van der Waals surface area contributed by atoms with Gasteiger partial charge < -0.3 is 0 Å². The lowest BCUT2D eigenvalue weighted by molar-refractivity contribution is 0.655. The van der Waals surface area contributed by atoms with E-state index >= 15 is 0 Å². The highest BCUT2D eigenvalue weighted by molar-refractivity contribution is 7.99. The second kappa shape index (κ2) is 7.58. The van der Waals surface area contributed by atoms with Gasteiger partial charge in [-0.1, -0.05) is 48.4 Å². The molecule has 2 aromatic carbocycles. The SMILES string of the molecule is C=C(C)CC(C)CSc1ccc2cc(-c3ccc(C)cc3)sc2c1. The van der Waals surface area contributed by atoms with Gasteiger partial charge in [0.1, 0.15) is 0 Å². The van der Waals surface area contributed by atoms with E-state index in [1.165, 1.54) is 36.6 Å². The minimum absolute atomic E-state index is 0.676. The number of allylic oxidation sites excluding steroid dienone is 1. The summed E-state index contributed by atoms with van der Waals surface area (Å²) >= 11 is 3.85. The molecule has 0 saturated carbocycles. The Morgan fingerprint density at radius 3 is 2.58 bits per heavy atom. The van der Waals surface area contributed by atoms with Crippen molar-refractivity contribution < 1.29 is 0 Å². The minimum Gasteiger partial charge on any atom is -0.135 e. The highest BCUT2D eigenvalue weighted by Crippen LogP contribution is 2.36. The molecule has 0 aliphatic carbocycles. The van der Waals surface area contributed by atoms with Crippen LogP contribution in [0.15, 0.2) is 65.6 Å². The summed E-state index contributed by atoms with van der Waals surface area (Å²) in [6.45, 7) is 10.6. The molecule has 0 spiro atoms. The second-order valence-corrected chi connectivity index (χ2v) is 8.93. The lowest BCUT2D eigenvalue weighted by Gasteiger charge is -2.10. The summed E-state index contributed by atoms with van der Waals surface area (Å²) in [4.78, 5) is 2.72. The maximum absolute atomic E-state index is 4.02. The highest BCUT2D eigenvalue weighted by atomic mass is 32.2. The van der Waals surface area contributed by atoms with Crippen LogP contribution in [0.1, 0.15) is 25.8 Å². The smallest absolute Gasteiger partial charge is 0.0360 e. The van der Waals surface area contributed by atoms with Crippen LogP contribution >= 0.6 is 23.1 Å². The van der Waals surface area contributed by atoms with Crippen LogP contribution in [0, 0.1) is 12.8 Å². The van der Waals surface area contributed by atoms with Gasteiger partial charge >= 0.3 is 0 Å². The fraction of sp³-hybridized carbons (Fsp3) is 0.273. The summed E-state index contributed by atoms with van der Waals surface area (Å²) in [5.41, 5.74) is 3.90. The molecule has 0 fully saturated rings. The number of hydrogen-bond acceptors (Lipinski definition) is 2. The Bertz CT molecular complexity index is 840. The molecule has 0 bridgehead atoms. The zero-order valence-electron chi connectivity index (χ0n) is 14.6. The van der Waals surface area contributed by atoms with Crippen LogP contribution in [0.5, 0.6) is 0 Å². The summed E-state index contributed by atoms with van der Waals surface area (Å²) in [6, 6.07) is 18.0. The third kappa shape index (κ3) is 4.31. The molecule has 1 heterocycles. The molecule has 0 N–H and O–H groups in total. The Balaban J connectivity index is 1.76. The van der Waals surface area contributed by atoms with E-state index in [-0.39, 0.29) is 0 Å². The van der Waals surface area contributed by atoms with Crippen molar-refractivity contribution in [2.75, 3.05) is 5.75 Å². The van der Waals surface area contributed by atoms with Gasteiger partial charge in [0, 0.05) is 20.2 Å². The van der Waals surface area contributed by atoms with Crippen molar-refractivity contribution in [3.63, 3.8) is 0 Å². The first kappa shape index (κ1) is 17.3. The van der Waals surface area contributed by atoms with E-state index in [9.17, 15) is 0 Å². The van der Waals surface area contributed by atoms with Crippen molar-refractivity contribution in [3.8, 4) is 10.4 Å². The largest absolute Gasteiger partial charge is 0.135 e. The molecule has 3 rings (SSSR count). The molecular weight excluding hydrogens is 328 g/mol. The molecule has 0 nitrogen and oxygen atoms in total. The van der Waals surface area contributed by atoms with E-state index in [1.807, 2.05) is 23.1 Å². The predicted molar refractivity (Wildman–Crippen MR) is 111 cm³/mol. The van der Waals surface area contributed by atoms with Crippen molar-refractivity contribution in [1.29, 1.82) is 0 Å². The van der Waals surface area contributed by atoms with Crippen LogP contribution in [0.2, 0.25) is 0 Å². The summed E-state index contributed by atoms with van der Waals surface area (Å²) < 4.78 is 1.38. The Morgan fingerprint density at radius 1 is 1.12 bits per heavy atom. The van der Waals surface area contributed by atoms with Crippen molar-refractivity contribution >= 4 is 33.2 Å². The number of rotatable bonds is 6. The average Bonchev–Trinajstić information content (AvgIpc) is 2.96. The van der Waals surface area contributed by atoms with Crippen molar-refractivity contribution in [2.24, 2.45) is 5.92 Å². The van der Waals surface area contributed by atoms with Crippen molar-refractivity contribution in [2.45, 2.75) is 32.1 Å². The molecule has 1 atom stereocenters. The minimum atomic E-state index is 0.676. The van der Waals surface area contributed by atoms with Gasteiger partial charge in [-0.25, -0.2) is 0 Å². The van der Waals surface area contributed by atoms with Crippen LogP contribution < -0.4 is 0 Å². The number of hydrogen-bond donors (Lipinski definition) is 0. The van der Waals surface area contributed by atoms with Crippen LogP contribution in [0.4, 0.5) is 0 Å². The monoisotopic (exact) mass is 352 g/mol. The third-order valence-corrected chi connectivity index (χ3v) is 6.53. The molecule has 1 aromatic heterocycles. The first-order valence-electron chi connectivity index (χ1n) is 8.39. The Labute approximate surface area is 153 Å². The van der Waals surface area contributed by atoms with Gasteiger partial charge in [0.2, 0.25) is 0 Å². The standard InChI is InChI=1S/C22H24S2/c1-15(2)11-17(4)14-23-20-10-9-19-12-21(24-22(19)13-20)18-7-5-16(3)6-8-18/h5-10,12-13,17H,1,11,14H2,2-4H3. The van der Waals surface area contributed by atoms with Crippen LogP contribution in [-0.4, -0.2) is 5.75 Å². The number of benzene rings is 2. The first-order valence-corrected chi connectivity index (χ1v) is 10.2. The van der Waals surface area contributed by atoms with Gasteiger partial charge in [-0.3, -0.25) is 0 Å². The lowest BCUT2D eigenvalue weighted by Crippen LogP contribution is -1.98. The van der Waals surface area contributed by atoms with E-state index in [4.69, 9.17) is 0 Å². The summed E-state index contributed by atoms with van der Waals surface area (Å²) in [6.07, 6.45) is 1.12. The van der Waals surface area contributed by atoms with E-state index < -0.39 is 0 Å². The summed E-state index contributed by atoms with van der Waals surface area (Å²) in [5, 5.41) is 1.34. The second-order valence-electron chi connectivity index (χ2n) is 6.75. The maximum Gasteiger partial charge on any atom is 0.0360 e. The first-order chi connectivity index (χ1) is 11.5. The average molecular weight is 353 g/mol.